The minimum absolute atomic E-state index is 0.0434. The Balaban J connectivity index is 1.70. The van der Waals surface area contributed by atoms with Crippen LogP contribution in [0.5, 0.6) is 0 Å². The first-order valence-electron chi connectivity index (χ1n) is 7.97. The molecule has 0 aromatic heterocycles. The highest BCUT2D eigenvalue weighted by Crippen LogP contribution is 2.29. The van der Waals surface area contributed by atoms with Gasteiger partial charge in [0.05, 0.1) is 17.1 Å². The molecule has 0 spiro atoms. The van der Waals surface area contributed by atoms with Crippen molar-refractivity contribution in [3.63, 3.8) is 0 Å². The first kappa shape index (κ1) is 17.4. The highest BCUT2D eigenvalue weighted by Gasteiger charge is 2.22. The van der Waals surface area contributed by atoms with Crippen molar-refractivity contribution >= 4 is 27.1 Å². The van der Waals surface area contributed by atoms with Crippen molar-refractivity contribution in [2.24, 2.45) is 0 Å². The molecule has 132 valence electrons. The van der Waals surface area contributed by atoms with Gasteiger partial charge in [-0.25, -0.2) is 12.8 Å². The van der Waals surface area contributed by atoms with Crippen molar-refractivity contribution in [2.45, 2.75) is 17.7 Å². The number of para-hydroxylation sites is 1. The molecule has 2 aromatic carbocycles. The Labute approximate surface area is 146 Å². The summed E-state index contributed by atoms with van der Waals surface area (Å²) in [4.78, 5) is 14.2. The summed E-state index contributed by atoms with van der Waals surface area (Å²) in [5.74, 6) is -0.592. The van der Waals surface area contributed by atoms with Crippen LogP contribution in [0.2, 0.25) is 0 Å². The van der Waals surface area contributed by atoms with Crippen LogP contribution in [0.4, 0.5) is 15.8 Å². The molecule has 1 N–H and O–H groups in total. The van der Waals surface area contributed by atoms with Crippen LogP contribution in [0.25, 0.3) is 0 Å². The largest absolute Gasteiger partial charge is 0.360 e. The smallest absolute Gasteiger partial charge is 0.243 e. The van der Waals surface area contributed by atoms with Gasteiger partial charge in [-0.3, -0.25) is 4.79 Å². The van der Waals surface area contributed by atoms with Crippen LogP contribution in [-0.2, 0) is 21.1 Å². The predicted octanol–water partition coefficient (Wildman–Crippen LogP) is 2.62. The van der Waals surface area contributed by atoms with Crippen LogP contribution in [-0.4, -0.2) is 33.7 Å². The number of aryl methyl sites for hydroxylation is 1. The van der Waals surface area contributed by atoms with Gasteiger partial charge in [0.25, 0.3) is 0 Å². The van der Waals surface area contributed by atoms with Crippen LogP contribution in [0, 0.1) is 5.82 Å². The number of hydrogen-bond acceptors (Lipinski definition) is 4. The van der Waals surface area contributed by atoms with Gasteiger partial charge in [-0.2, -0.15) is 0 Å². The monoisotopic (exact) mass is 362 g/mol. The number of carbonyl (C=O) groups is 1. The summed E-state index contributed by atoms with van der Waals surface area (Å²) >= 11 is 0. The second kappa shape index (κ2) is 6.84. The molecule has 1 heterocycles. The number of benzene rings is 2. The van der Waals surface area contributed by atoms with Gasteiger partial charge in [-0.15, -0.1) is 0 Å². The molecule has 0 saturated carbocycles. The van der Waals surface area contributed by atoms with Crippen molar-refractivity contribution in [2.75, 3.05) is 29.6 Å². The molecule has 0 bridgehead atoms. The third kappa shape index (κ3) is 3.99. The third-order valence-corrected chi connectivity index (χ3v) is 5.29. The third-order valence-electron chi connectivity index (χ3n) is 4.16. The summed E-state index contributed by atoms with van der Waals surface area (Å²) in [6.07, 6.45) is 2.80. The predicted molar refractivity (Wildman–Crippen MR) is 95.1 cm³/mol. The number of hydrogen-bond donors (Lipinski definition) is 1. The van der Waals surface area contributed by atoms with E-state index in [0.29, 0.717) is 17.9 Å². The van der Waals surface area contributed by atoms with E-state index in [1.807, 2.05) is 6.07 Å². The van der Waals surface area contributed by atoms with Crippen LogP contribution < -0.4 is 10.2 Å². The molecule has 1 aliphatic rings. The normalized spacial score (nSPS) is 14.1. The van der Waals surface area contributed by atoms with E-state index in [2.05, 4.69) is 5.32 Å². The summed E-state index contributed by atoms with van der Waals surface area (Å²) in [6, 6.07) is 10.9. The average Bonchev–Trinajstić information content (AvgIpc) is 2.54. The summed E-state index contributed by atoms with van der Waals surface area (Å²) in [5, 5.41) is 2.72. The van der Waals surface area contributed by atoms with Gasteiger partial charge in [0.15, 0.2) is 9.84 Å². The number of amides is 1. The molecule has 0 radical (unpaired) electrons. The number of rotatable bonds is 4. The molecule has 3 rings (SSSR count). The standard InChI is InChI=1S/C18H19FN2O3S/c1-25(23,24)15-9-7-14(8-10-15)20-17(22)12-21-11-3-5-13-4-2-6-16(19)18(13)21/h2,4,6-10H,3,5,11-12H2,1H3,(H,20,22). The van der Waals surface area contributed by atoms with E-state index < -0.39 is 9.84 Å². The molecule has 2 aromatic rings. The van der Waals surface area contributed by atoms with Gasteiger partial charge in [0.1, 0.15) is 5.82 Å². The summed E-state index contributed by atoms with van der Waals surface area (Å²) in [7, 11) is -3.27. The van der Waals surface area contributed by atoms with Crippen LogP contribution in [0.3, 0.4) is 0 Å². The van der Waals surface area contributed by atoms with E-state index in [9.17, 15) is 17.6 Å². The number of fused-ring (bicyclic) bond motifs is 1. The summed E-state index contributed by atoms with van der Waals surface area (Å²) in [5.41, 5.74) is 1.91. The molecule has 0 aliphatic carbocycles. The maximum atomic E-state index is 14.1. The lowest BCUT2D eigenvalue weighted by atomic mass is 10.0. The van der Waals surface area contributed by atoms with Gasteiger partial charge in [0, 0.05) is 18.5 Å². The molecular formula is C18H19FN2O3S. The molecule has 1 aliphatic heterocycles. The van der Waals surface area contributed by atoms with E-state index in [1.165, 1.54) is 18.2 Å². The van der Waals surface area contributed by atoms with E-state index in [4.69, 9.17) is 0 Å². The summed E-state index contributed by atoms with van der Waals surface area (Å²) in [6.45, 7) is 0.663. The Kier molecular flexibility index (Phi) is 4.76. The van der Waals surface area contributed by atoms with Crippen molar-refractivity contribution in [1.82, 2.24) is 0 Å². The number of nitrogens with zero attached hydrogens (tertiary/aromatic N) is 1. The fourth-order valence-corrected chi connectivity index (χ4v) is 3.64. The lowest BCUT2D eigenvalue weighted by Crippen LogP contribution is -2.37. The van der Waals surface area contributed by atoms with E-state index in [-0.39, 0.29) is 23.2 Å². The molecule has 1 amide bonds. The minimum Gasteiger partial charge on any atom is -0.360 e. The van der Waals surface area contributed by atoms with Crippen molar-refractivity contribution < 1.29 is 17.6 Å². The fraction of sp³-hybridized carbons (Fsp3) is 0.278. The zero-order valence-corrected chi connectivity index (χ0v) is 14.6. The first-order chi connectivity index (χ1) is 11.8. The van der Waals surface area contributed by atoms with Gasteiger partial charge in [0.2, 0.25) is 5.91 Å². The average molecular weight is 362 g/mol. The van der Waals surface area contributed by atoms with Crippen LogP contribution >= 0.6 is 0 Å². The topological polar surface area (TPSA) is 66.5 Å². The van der Waals surface area contributed by atoms with Crippen molar-refractivity contribution in [3.05, 3.63) is 53.8 Å². The second-order valence-electron chi connectivity index (χ2n) is 6.12. The molecule has 0 saturated heterocycles. The molecule has 0 unspecified atom stereocenters. The lowest BCUT2D eigenvalue weighted by Gasteiger charge is -2.31. The van der Waals surface area contributed by atoms with Gasteiger partial charge in [-0.1, -0.05) is 12.1 Å². The molecule has 7 heteroatoms. The molecule has 25 heavy (non-hydrogen) atoms. The van der Waals surface area contributed by atoms with Crippen LogP contribution in [0.15, 0.2) is 47.4 Å². The Morgan fingerprint density at radius 2 is 1.92 bits per heavy atom. The zero-order chi connectivity index (χ0) is 18.0. The second-order valence-corrected chi connectivity index (χ2v) is 8.13. The first-order valence-corrected chi connectivity index (χ1v) is 9.86. The number of sulfone groups is 1. The number of carbonyl (C=O) groups excluding carboxylic acids is 1. The lowest BCUT2D eigenvalue weighted by molar-refractivity contribution is -0.115. The minimum atomic E-state index is -3.27. The zero-order valence-electron chi connectivity index (χ0n) is 13.8. The summed E-state index contributed by atoms with van der Waals surface area (Å²) < 4.78 is 37.0. The SMILES string of the molecule is CS(=O)(=O)c1ccc(NC(=O)CN2CCCc3cccc(F)c32)cc1. The molecule has 5 nitrogen and oxygen atoms in total. The van der Waals surface area contributed by atoms with Crippen LogP contribution in [0.1, 0.15) is 12.0 Å². The maximum absolute atomic E-state index is 14.1. The highest BCUT2D eigenvalue weighted by molar-refractivity contribution is 7.90. The number of anilines is 2. The maximum Gasteiger partial charge on any atom is 0.243 e. The van der Waals surface area contributed by atoms with E-state index in [0.717, 1.165) is 24.7 Å². The van der Waals surface area contributed by atoms with Crippen molar-refractivity contribution in [1.29, 1.82) is 0 Å². The van der Waals surface area contributed by atoms with E-state index in [1.54, 1.807) is 23.1 Å². The number of nitrogens with one attached hydrogen (secondary N) is 1. The van der Waals surface area contributed by atoms with E-state index >= 15 is 0 Å². The molecule has 0 fully saturated rings. The molecule has 0 atom stereocenters. The number of halogens is 1. The van der Waals surface area contributed by atoms with Gasteiger partial charge >= 0.3 is 0 Å². The Bertz CT molecular complexity index is 895. The van der Waals surface area contributed by atoms with Gasteiger partial charge < -0.3 is 10.2 Å². The Morgan fingerprint density at radius 3 is 2.60 bits per heavy atom. The van der Waals surface area contributed by atoms with Crippen molar-refractivity contribution in [3.8, 4) is 0 Å². The Hall–Kier alpha value is -2.41. The highest BCUT2D eigenvalue weighted by atomic mass is 32.2. The van der Waals surface area contributed by atoms with Gasteiger partial charge in [-0.05, 0) is 48.7 Å². The fourth-order valence-electron chi connectivity index (χ4n) is 3.01. The Morgan fingerprint density at radius 1 is 1.20 bits per heavy atom. The quantitative estimate of drug-likeness (QED) is 0.908. The molecular weight excluding hydrogens is 343 g/mol.